The molecule has 0 unspecified atom stereocenters. The number of hydrogen-bond donors (Lipinski definition) is 1. The number of rotatable bonds is 4. The van der Waals surface area contributed by atoms with Gasteiger partial charge in [-0.3, -0.25) is 4.79 Å². The molecule has 1 N–H and O–H groups in total. The number of ether oxygens (including phenoxy) is 1. The van der Waals surface area contributed by atoms with Crippen molar-refractivity contribution in [3.63, 3.8) is 0 Å². The van der Waals surface area contributed by atoms with Gasteiger partial charge in [0.15, 0.2) is 5.76 Å². The summed E-state index contributed by atoms with van der Waals surface area (Å²) < 4.78 is 90.2. The van der Waals surface area contributed by atoms with E-state index in [0.29, 0.717) is 29.5 Å². The van der Waals surface area contributed by atoms with Gasteiger partial charge in [-0.25, -0.2) is 0 Å². The van der Waals surface area contributed by atoms with Crippen LogP contribution >= 0.6 is 0 Å². The predicted octanol–water partition coefficient (Wildman–Crippen LogP) is 7.41. The number of fused-ring (bicyclic) bond motifs is 3. The summed E-state index contributed by atoms with van der Waals surface area (Å²) in [5, 5.41) is 6.46. The molecule has 5 nitrogen and oxygen atoms in total. The van der Waals surface area contributed by atoms with Gasteiger partial charge in [-0.05, 0) is 79.1 Å². The molecule has 196 valence electrons. The molecular formula is C27H18F6N2O3. The van der Waals surface area contributed by atoms with Crippen LogP contribution in [0.5, 0.6) is 5.75 Å². The molecule has 0 aliphatic heterocycles. The Hall–Kier alpha value is -4.28. The third-order valence-electron chi connectivity index (χ3n) is 6.30. The molecule has 0 radical (unpaired) electrons. The quantitative estimate of drug-likeness (QED) is 0.278. The lowest BCUT2D eigenvalue weighted by Crippen LogP contribution is -2.20. The van der Waals surface area contributed by atoms with Gasteiger partial charge in [0.25, 0.3) is 5.91 Å². The smallest absolute Gasteiger partial charge is 0.417 e. The second-order valence-electron chi connectivity index (χ2n) is 8.65. The van der Waals surface area contributed by atoms with E-state index in [1.807, 2.05) is 18.2 Å². The standard InChI is InChI=1S/C27H18F6N2O3/c1-37-18-8-10-19-15(12-18)4-9-20-23(19)35-38-24(20)14-2-6-17(7-3-14)34-25(36)21-13-16(26(28,29)30)5-11-22(21)27(31,32)33/h2-3,5-8,10-13H,4,9H2,1H3,(H,34,36). The molecule has 1 aromatic heterocycles. The molecule has 0 atom stereocenters. The van der Waals surface area contributed by atoms with Gasteiger partial charge in [0.1, 0.15) is 11.4 Å². The first-order valence-electron chi connectivity index (χ1n) is 11.3. The van der Waals surface area contributed by atoms with Crippen LogP contribution in [0.25, 0.3) is 22.6 Å². The maximum atomic E-state index is 13.4. The van der Waals surface area contributed by atoms with Crippen LogP contribution in [-0.4, -0.2) is 18.2 Å². The number of amides is 1. The minimum atomic E-state index is -5.02. The normalized spacial score (nSPS) is 13.0. The zero-order valence-corrected chi connectivity index (χ0v) is 19.6. The van der Waals surface area contributed by atoms with Crippen molar-refractivity contribution in [2.24, 2.45) is 0 Å². The number of aryl methyl sites for hydroxylation is 1. The average Bonchev–Trinajstić information content (AvgIpc) is 3.32. The van der Waals surface area contributed by atoms with Crippen LogP contribution in [0, 0.1) is 0 Å². The number of halogens is 6. The summed E-state index contributed by atoms with van der Waals surface area (Å²) in [4.78, 5) is 12.6. The summed E-state index contributed by atoms with van der Waals surface area (Å²) in [6.45, 7) is 0. The Morgan fingerprint density at radius 1 is 0.921 bits per heavy atom. The van der Waals surface area contributed by atoms with Gasteiger partial charge in [-0.1, -0.05) is 5.16 Å². The van der Waals surface area contributed by atoms with Gasteiger partial charge >= 0.3 is 12.4 Å². The molecule has 0 bridgehead atoms. The lowest BCUT2D eigenvalue weighted by Gasteiger charge is -2.16. The molecule has 0 spiro atoms. The number of hydrogen-bond acceptors (Lipinski definition) is 4. The van der Waals surface area contributed by atoms with Gasteiger partial charge in [0, 0.05) is 22.4 Å². The number of aromatic nitrogens is 1. The molecule has 0 saturated heterocycles. The van der Waals surface area contributed by atoms with Gasteiger partial charge < -0.3 is 14.6 Å². The van der Waals surface area contributed by atoms with E-state index in [2.05, 4.69) is 10.5 Å². The van der Waals surface area contributed by atoms with E-state index >= 15 is 0 Å². The minimum absolute atomic E-state index is 0.0927. The monoisotopic (exact) mass is 532 g/mol. The van der Waals surface area contributed by atoms with Crippen LogP contribution in [0.2, 0.25) is 0 Å². The molecular weight excluding hydrogens is 514 g/mol. The third kappa shape index (κ3) is 4.71. The van der Waals surface area contributed by atoms with E-state index in [1.165, 1.54) is 12.1 Å². The first kappa shape index (κ1) is 25.4. The Balaban J connectivity index is 1.40. The van der Waals surface area contributed by atoms with Crippen LogP contribution in [0.3, 0.4) is 0 Å². The van der Waals surface area contributed by atoms with Crippen molar-refractivity contribution in [2.75, 3.05) is 12.4 Å². The van der Waals surface area contributed by atoms with Crippen LogP contribution < -0.4 is 10.1 Å². The minimum Gasteiger partial charge on any atom is -0.497 e. The number of carbonyl (C=O) groups excluding carboxylic acids is 1. The number of methoxy groups -OCH3 is 1. The molecule has 1 aliphatic carbocycles. The van der Waals surface area contributed by atoms with E-state index in [0.717, 1.165) is 28.9 Å². The number of nitrogens with zero attached hydrogens (tertiary/aromatic N) is 1. The molecule has 11 heteroatoms. The first-order valence-corrected chi connectivity index (χ1v) is 11.3. The number of benzene rings is 3. The topological polar surface area (TPSA) is 64.4 Å². The zero-order valence-electron chi connectivity index (χ0n) is 19.6. The number of anilines is 1. The highest BCUT2D eigenvalue weighted by molar-refractivity contribution is 6.05. The van der Waals surface area contributed by atoms with E-state index in [9.17, 15) is 31.1 Å². The molecule has 1 amide bonds. The van der Waals surface area contributed by atoms with Crippen LogP contribution in [0.4, 0.5) is 32.0 Å². The Kier molecular flexibility index (Phi) is 6.16. The van der Waals surface area contributed by atoms with E-state index < -0.39 is 35.0 Å². The van der Waals surface area contributed by atoms with Gasteiger partial charge in [-0.2, -0.15) is 26.3 Å². The Morgan fingerprint density at radius 3 is 2.32 bits per heavy atom. The second-order valence-corrected chi connectivity index (χ2v) is 8.65. The predicted molar refractivity (Wildman–Crippen MR) is 126 cm³/mol. The molecule has 1 heterocycles. The Labute approximate surface area is 212 Å². The Bertz CT molecular complexity index is 1520. The fraction of sp³-hybridized carbons (Fsp3) is 0.185. The number of nitrogens with one attached hydrogen (secondary N) is 1. The highest BCUT2D eigenvalue weighted by Gasteiger charge is 2.38. The van der Waals surface area contributed by atoms with E-state index in [1.54, 1.807) is 19.2 Å². The highest BCUT2D eigenvalue weighted by Crippen LogP contribution is 2.40. The van der Waals surface area contributed by atoms with Crippen LogP contribution in [0.15, 0.2) is 65.2 Å². The second kappa shape index (κ2) is 9.23. The lowest BCUT2D eigenvalue weighted by molar-refractivity contribution is -0.141. The SMILES string of the molecule is COc1ccc2c(c1)CCc1c-2noc1-c1ccc(NC(=O)c2cc(C(F)(F)F)ccc2C(F)(F)F)cc1. The molecule has 0 saturated carbocycles. The van der Waals surface area contributed by atoms with Crippen molar-refractivity contribution in [1.82, 2.24) is 5.16 Å². The van der Waals surface area contributed by atoms with Crippen molar-refractivity contribution in [3.05, 3.63) is 88.5 Å². The highest BCUT2D eigenvalue weighted by atomic mass is 19.4. The summed E-state index contributed by atoms with van der Waals surface area (Å²) >= 11 is 0. The Morgan fingerprint density at radius 2 is 1.66 bits per heavy atom. The maximum Gasteiger partial charge on any atom is 0.417 e. The fourth-order valence-corrected chi connectivity index (χ4v) is 4.43. The average molecular weight is 532 g/mol. The van der Waals surface area contributed by atoms with Gasteiger partial charge in [-0.15, -0.1) is 0 Å². The molecule has 0 fully saturated rings. The summed E-state index contributed by atoms with van der Waals surface area (Å²) in [5.41, 5.74) is 0.334. The van der Waals surface area contributed by atoms with Crippen molar-refractivity contribution in [3.8, 4) is 28.3 Å². The van der Waals surface area contributed by atoms with Crippen LogP contribution in [0.1, 0.15) is 32.6 Å². The van der Waals surface area contributed by atoms with Gasteiger partial charge in [0.2, 0.25) is 0 Å². The number of alkyl halides is 6. The summed E-state index contributed by atoms with van der Waals surface area (Å²) in [7, 11) is 1.59. The van der Waals surface area contributed by atoms with E-state index in [4.69, 9.17) is 9.26 Å². The summed E-state index contributed by atoms with van der Waals surface area (Å²) in [6.07, 6.45) is -8.54. The van der Waals surface area contributed by atoms with Crippen molar-refractivity contribution >= 4 is 11.6 Å². The van der Waals surface area contributed by atoms with Crippen molar-refractivity contribution < 1.29 is 40.4 Å². The lowest BCUT2D eigenvalue weighted by atomic mass is 9.88. The molecule has 1 aliphatic rings. The van der Waals surface area contributed by atoms with Crippen molar-refractivity contribution in [1.29, 1.82) is 0 Å². The van der Waals surface area contributed by atoms with Crippen LogP contribution in [-0.2, 0) is 25.2 Å². The fourth-order valence-electron chi connectivity index (χ4n) is 4.43. The first-order chi connectivity index (χ1) is 18.0. The summed E-state index contributed by atoms with van der Waals surface area (Å²) in [5.74, 6) is -0.0714. The zero-order chi connectivity index (χ0) is 27.2. The molecule has 38 heavy (non-hydrogen) atoms. The van der Waals surface area contributed by atoms with Crippen molar-refractivity contribution in [2.45, 2.75) is 25.2 Å². The molecule has 4 aromatic rings. The third-order valence-corrected chi connectivity index (χ3v) is 6.30. The van der Waals surface area contributed by atoms with Gasteiger partial charge in [0.05, 0.1) is 23.8 Å². The maximum absolute atomic E-state index is 13.4. The van der Waals surface area contributed by atoms with E-state index in [-0.39, 0.29) is 17.8 Å². The summed E-state index contributed by atoms with van der Waals surface area (Å²) in [6, 6.07) is 12.4. The molecule has 3 aromatic carbocycles. The number of carbonyl (C=O) groups is 1. The molecule has 5 rings (SSSR count). The largest absolute Gasteiger partial charge is 0.497 e.